The van der Waals surface area contributed by atoms with Crippen LogP contribution in [0.2, 0.25) is 0 Å². The molecule has 0 spiro atoms. The predicted molar refractivity (Wildman–Crippen MR) is 121 cm³/mol. The molecule has 0 N–H and O–H groups in total. The summed E-state index contributed by atoms with van der Waals surface area (Å²) >= 11 is 0. The number of hydrogen-bond acceptors (Lipinski definition) is 4. The van der Waals surface area contributed by atoms with Crippen molar-refractivity contribution in [1.82, 2.24) is 9.80 Å². The largest absolute Gasteiger partial charge is 0.416 e. The van der Waals surface area contributed by atoms with Gasteiger partial charge in [-0.05, 0) is 35.9 Å². The number of fused-ring (bicyclic) bond motifs is 1. The molecule has 1 aliphatic heterocycles. The number of halogens is 5. The van der Waals surface area contributed by atoms with Crippen molar-refractivity contribution in [2.45, 2.75) is 18.3 Å². The number of benzene rings is 3. The van der Waals surface area contributed by atoms with Crippen molar-refractivity contribution in [1.29, 1.82) is 0 Å². The summed E-state index contributed by atoms with van der Waals surface area (Å²) in [5.74, 6) is -2.23. The van der Waals surface area contributed by atoms with E-state index in [1.54, 1.807) is 17.0 Å². The highest BCUT2D eigenvalue weighted by atomic mass is 19.4. The Hall–Kier alpha value is -3.43. The lowest BCUT2D eigenvalue weighted by molar-refractivity contribution is -0.137. The molecule has 2 aliphatic rings. The molecule has 3 aromatic carbocycles. The van der Waals surface area contributed by atoms with E-state index in [1.807, 2.05) is 4.90 Å². The first-order chi connectivity index (χ1) is 17.1. The summed E-state index contributed by atoms with van der Waals surface area (Å²) in [6.45, 7) is 1.05. The molecule has 0 saturated carbocycles. The zero-order chi connectivity index (χ0) is 25.7. The van der Waals surface area contributed by atoms with Crippen LogP contribution >= 0.6 is 0 Å². The molecule has 36 heavy (non-hydrogen) atoms. The van der Waals surface area contributed by atoms with Gasteiger partial charge in [-0.2, -0.15) is 13.2 Å². The van der Waals surface area contributed by atoms with Gasteiger partial charge in [0.2, 0.25) is 0 Å². The van der Waals surface area contributed by atoms with Gasteiger partial charge in [0.15, 0.2) is 17.1 Å². The smallest absolute Gasteiger partial charge is 0.296 e. The second-order valence-corrected chi connectivity index (χ2v) is 8.99. The van der Waals surface area contributed by atoms with Crippen LogP contribution < -0.4 is 0 Å². The zero-order valence-electron chi connectivity index (χ0n) is 19.0. The maximum absolute atomic E-state index is 14.1. The van der Waals surface area contributed by atoms with Gasteiger partial charge in [-0.3, -0.25) is 19.4 Å². The Morgan fingerprint density at radius 2 is 1.42 bits per heavy atom. The second-order valence-electron chi connectivity index (χ2n) is 8.99. The Morgan fingerprint density at radius 3 is 2.03 bits per heavy atom. The molecular formula is C27H21F5N2O2. The molecular weight excluding hydrogens is 479 g/mol. The van der Waals surface area contributed by atoms with Gasteiger partial charge < -0.3 is 0 Å². The lowest BCUT2D eigenvalue weighted by atomic mass is 9.81. The number of alkyl halides is 3. The highest BCUT2D eigenvalue weighted by Gasteiger charge is 2.58. The fraction of sp³-hybridized carbons (Fsp3) is 0.259. The maximum Gasteiger partial charge on any atom is 0.416 e. The van der Waals surface area contributed by atoms with Gasteiger partial charge in [0.25, 0.3) is 0 Å². The summed E-state index contributed by atoms with van der Waals surface area (Å²) < 4.78 is 68.4. The Bertz CT molecular complexity index is 1310. The minimum atomic E-state index is -4.65. The Kier molecular flexibility index (Phi) is 6.00. The van der Waals surface area contributed by atoms with Crippen molar-refractivity contribution in [3.05, 3.63) is 106 Å². The number of ketones is 2. The van der Waals surface area contributed by atoms with Crippen LogP contribution in [0.5, 0.6) is 0 Å². The van der Waals surface area contributed by atoms with Gasteiger partial charge in [-0.1, -0.05) is 36.4 Å². The van der Waals surface area contributed by atoms with Crippen molar-refractivity contribution < 1.29 is 31.5 Å². The monoisotopic (exact) mass is 500 g/mol. The number of carbonyl (C=O) groups is 2. The number of carbonyl (C=O) groups excluding carboxylic acids is 2. The minimum absolute atomic E-state index is 0.0341. The third-order valence-electron chi connectivity index (χ3n) is 6.93. The molecule has 9 heteroatoms. The van der Waals surface area contributed by atoms with Crippen molar-refractivity contribution >= 4 is 11.6 Å². The van der Waals surface area contributed by atoms with Gasteiger partial charge >= 0.3 is 6.18 Å². The molecule has 5 rings (SSSR count). The summed E-state index contributed by atoms with van der Waals surface area (Å²) in [6, 6.07) is 13.8. The summed E-state index contributed by atoms with van der Waals surface area (Å²) in [6.07, 6.45) is -4.65. The molecule has 186 valence electrons. The van der Waals surface area contributed by atoms with Gasteiger partial charge in [-0.15, -0.1) is 0 Å². The molecule has 0 radical (unpaired) electrons. The van der Waals surface area contributed by atoms with E-state index in [9.17, 15) is 31.5 Å². The van der Waals surface area contributed by atoms with Crippen molar-refractivity contribution in [3.8, 4) is 0 Å². The van der Waals surface area contributed by atoms with Gasteiger partial charge in [-0.25, -0.2) is 8.78 Å². The maximum atomic E-state index is 14.1. The molecule has 1 saturated heterocycles. The lowest BCUT2D eigenvalue weighted by Crippen LogP contribution is -2.60. The van der Waals surface area contributed by atoms with E-state index in [1.165, 1.54) is 24.3 Å². The lowest BCUT2D eigenvalue weighted by Gasteiger charge is -2.44. The van der Waals surface area contributed by atoms with Crippen LogP contribution in [0.25, 0.3) is 0 Å². The number of Topliss-reactive ketones (excluding diaryl/α,β-unsaturated/α-hetero) is 2. The molecule has 1 aliphatic carbocycles. The Labute approximate surface area is 203 Å². The van der Waals surface area contributed by atoms with E-state index in [4.69, 9.17) is 0 Å². The van der Waals surface area contributed by atoms with Gasteiger partial charge in [0.1, 0.15) is 11.6 Å². The molecule has 0 aromatic heterocycles. The SMILES string of the molecule is O=C1c2ccccc2C(=O)C1(c1cccc(C(F)(F)F)c1)N1CCN(Cc2cc(F)ccc2F)CC1. The van der Waals surface area contributed by atoms with Crippen LogP contribution in [-0.4, -0.2) is 47.5 Å². The van der Waals surface area contributed by atoms with E-state index in [0.29, 0.717) is 13.1 Å². The normalized spacial score (nSPS) is 18.5. The van der Waals surface area contributed by atoms with Crippen molar-refractivity contribution in [2.75, 3.05) is 26.2 Å². The highest BCUT2D eigenvalue weighted by Crippen LogP contribution is 2.44. The third kappa shape index (κ3) is 3.92. The van der Waals surface area contributed by atoms with Crippen LogP contribution in [0, 0.1) is 11.6 Å². The topological polar surface area (TPSA) is 40.6 Å². The molecule has 0 unspecified atom stereocenters. The van der Waals surface area contributed by atoms with Crippen molar-refractivity contribution in [2.24, 2.45) is 0 Å². The summed E-state index contributed by atoms with van der Waals surface area (Å²) in [5, 5.41) is 0. The van der Waals surface area contributed by atoms with E-state index in [0.717, 1.165) is 30.3 Å². The quantitative estimate of drug-likeness (QED) is 0.370. The first kappa shape index (κ1) is 24.3. The Morgan fingerprint density at radius 1 is 0.778 bits per heavy atom. The van der Waals surface area contributed by atoms with E-state index < -0.39 is 40.5 Å². The molecule has 1 fully saturated rings. The van der Waals surface area contributed by atoms with E-state index >= 15 is 0 Å². The second kappa shape index (κ2) is 8.90. The molecule has 3 aromatic rings. The summed E-state index contributed by atoms with van der Waals surface area (Å²) in [7, 11) is 0. The molecule has 0 bridgehead atoms. The van der Waals surface area contributed by atoms with Crippen LogP contribution in [-0.2, 0) is 18.3 Å². The van der Waals surface area contributed by atoms with E-state index in [2.05, 4.69) is 0 Å². The van der Waals surface area contributed by atoms with Crippen LogP contribution in [0.15, 0.2) is 66.7 Å². The minimum Gasteiger partial charge on any atom is -0.296 e. The van der Waals surface area contributed by atoms with Gasteiger partial charge in [0.05, 0.1) is 5.56 Å². The van der Waals surface area contributed by atoms with E-state index in [-0.39, 0.29) is 41.9 Å². The van der Waals surface area contributed by atoms with Crippen LogP contribution in [0.3, 0.4) is 0 Å². The summed E-state index contributed by atoms with van der Waals surface area (Å²) in [5.41, 5.74) is -2.39. The average Bonchev–Trinajstić information content (AvgIpc) is 3.09. The first-order valence-electron chi connectivity index (χ1n) is 11.4. The predicted octanol–water partition coefficient (Wildman–Crippen LogP) is 5.08. The van der Waals surface area contributed by atoms with Crippen LogP contribution in [0.1, 0.15) is 37.4 Å². The third-order valence-corrected chi connectivity index (χ3v) is 6.93. The number of nitrogens with zero attached hydrogens (tertiary/aromatic N) is 2. The average molecular weight is 500 g/mol. The van der Waals surface area contributed by atoms with Crippen LogP contribution in [0.4, 0.5) is 22.0 Å². The number of hydrogen-bond donors (Lipinski definition) is 0. The molecule has 1 heterocycles. The molecule has 0 atom stereocenters. The fourth-order valence-corrected chi connectivity index (χ4v) is 5.17. The molecule has 0 amide bonds. The summed E-state index contributed by atoms with van der Waals surface area (Å²) in [4.78, 5) is 31.1. The van der Waals surface area contributed by atoms with Gasteiger partial charge in [0, 0.05) is 49.4 Å². The zero-order valence-corrected chi connectivity index (χ0v) is 19.0. The highest BCUT2D eigenvalue weighted by molar-refractivity contribution is 6.32. The number of rotatable bonds is 4. The standard InChI is InChI=1S/C27H21F5N2O2/c28-20-8-9-23(29)17(14-20)16-33-10-12-34(13-11-33)26(18-4-3-5-19(15-18)27(30,31)32)24(35)21-6-1-2-7-22(21)25(26)36/h1-9,14-15H,10-13,16H2. The molecule has 4 nitrogen and oxygen atoms in total. The number of piperazine rings is 1. The van der Waals surface area contributed by atoms with Crippen molar-refractivity contribution in [3.63, 3.8) is 0 Å². The Balaban J connectivity index is 1.51. The first-order valence-corrected chi connectivity index (χ1v) is 11.4. The fourth-order valence-electron chi connectivity index (χ4n) is 5.17.